The van der Waals surface area contributed by atoms with Gasteiger partial charge in [0.1, 0.15) is 13.2 Å². The van der Waals surface area contributed by atoms with Gasteiger partial charge < -0.3 is 14.2 Å². The van der Waals surface area contributed by atoms with Crippen molar-refractivity contribution in [3.05, 3.63) is 85.1 Å². The van der Waals surface area contributed by atoms with E-state index in [2.05, 4.69) is 106 Å². The van der Waals surface area contributed by atoms with Crippen LogP contribution in [0.4, 0.5) is 0 Å². The van der Waals surface area contributed by atoms with Gasteiger partial charge in [0.25, 0.3) is 0 Å². The molecule has 0 spiro atoms. The number of allylic oxidation sites excluding steroid dienone is 14. The SMILES string of the molecule is CC/C=C\C/C=C\C/C=C\C/C=C\C/C=C\CCCCCCCC(=O)OCC(COC(=O)CCCCCCCCCCCCCCCCC)OC(=O)CCCCCCCCCCC/C=C\C/C=C\CCCCCCC. The van der Waals surface area contributed by atoms with Crippen molar-refractivity contribution >= 4 is 17.9 Å². The molecule has 0 heterocycles. The molecule has 6 nitrogen and oxygen atoms in total. The number of unbranched alkanes of at least 4 members (excludes halogenated alkanes) is 33. The Labute approximate surface area is 465 Å². The van der Waals surface area contributed by atoms with Crippen LogP contribution in [-0.2, 0) is 28.6 Å². The summed E-state index contributed by atoms with van der Waals surface area (Å²) in [5.74, 6) is -0.892. The van der Waals surface area contributed by atoms with Gasteiger partial charge in [-0.25, -0.2) is 0 Å². The molecule has 1 atom stereocenters. The van der Waals surface area contributed by atoms with Crippen LogP contribution >= 0.6 is 0 Å². The molecular formula is C69H120O6. The highest BCUT2D eigenvalue weighted by molar-refractivity contribution is 5.71. The molecule has 0 saturated heterocycles. The van der Waals surface area contributed by atoms with Gasteiger partial charge in [-0.15, -0.1) is 0 Å². The molecule has 0 aromatic heterocycles. The van der Waals surface area contributed by atoms with E-state index in [1.54, 1.807) is 0 Å². The average Bonchev–Trinajstić information content (AvgIpc) is 3.41. The highest BCUT2D eigenvalue weighted by Crippen LogP contribution is 2.16. The van der Waals surface area contributed by atoms with Crippen LogP contribution in [0.1, 0.15) is 316 Å². The van der Waals surface area contributed by atoms with Crippen molar-refractivity contribution in [3.8, 4) is 0 Å². The molecule has 0 aromatic carbocycles. The van der Waals surface area contributed by atoms with Crippen molar-refractivity contribution in [3.63, 3.8) is 0 Å². The summed E-state index contributed by atoms with van der Waals surface area (Å²) < 4.78 is 16.9. The summed E-state index contributed by atoms with van der Waals surface area (Å²) in [5.41, 5.74) is 0. The molecule has 0 fully saturated rings. The molecule has 0 saturated carbocycles. The van der Waals surface area contributed by atoms with E-state index in [9.17, 15) is 14.4 Å². The summed E-state index contributed by atoms with van der Waals surface area (Å²) in [7, 11) is 0. The van der Waals surface area contributed by atoms with E-state index >= 15 is 0 Å². The summed E-state index contributed by atoms with van der Waals surface area (Å²) in [6.07, 6.45) is 82.9. The molecule has 0 bridgehead atoms. The van der Waals surface area contributed by atoms with Crippen LogP contribution in [0.15, 0.2) is 85.1 Å². The second kappa shape index (κ2) is 63.1. The first-order valence-corrected chi connectivity index (χ1v) is 32.1. The Kier molecular flexibility index (Phi) is 60.3. The third-order valence-electron chi connectivity index (χ3n) is 13.9. The van der Waals surface area contributed by atoms with Crippen LogP contribution in [0.25, 0.3) is 0 Å². The Morgan fingerprint density at radius 3 is 0.813 bits per heavy atom. The summed E-state index contributed by atoms with van der Waals surface area (Å²) >= 11 is 0. The van der Waals surface area contributed by atoms with E-state index in [-0.39, 0.29) is 31.1 Å². The van der Waals surface area contributed by atoms with E-state index in [0.717, 1.165) is 116 Å². The lowest BCUT2D eigenvalue weighted by molar-refractivity contribution is -0.167. The maximum Gasteiger partial charge on any atom is 0.306 e. The Morgan fingerprint density at radius 1 is 0.280 bits per heavy atom. The second-order valence-electron chi connectivity index (χ2n) is 21.3. The van der Waals surface area contributed by atoms with Gasteiger partial charge >= 0.3 is 17.9 Å². The molecule has 0 amide bonds. The number of esters is 3. The number of carbonyl (C=O) groups is 3. The number of ether oxygens (including phenoxy) is 3. The third kappa shape index (κ3) is 61.3. The van der Waals surface area contributed by atoms with Gasteiger partial charge in [-0.2, -0.15) is 0 Å². The Morgan fingerprint density at radius 2 is 0.520 bits per heavy atom. The van der Waals surface area contributed by atoms with Gasteiger partial charge in [0, 0.05) is 19.3 Å². The lowest BCUT2D eigenvalue weighted by Gasteiger charge is -2.18. The molecule has 432 valence electrons. The molecule has 0 N–H and O–H groups in total. The molecule has 0 radical (unpaired) electrons. The van der Waals surface area contributed by atoms with Crippen LogP contribution in [0.5, 0.6) is 0 Å². The van der Waals surface area contributed by atoms with Crippen molar-refractivity contribution in [1.29, 1.82) is 0 Å². The first-order valence-electron chi connectivity index (χ1n) is 32.1. The zero-order valence-corrected chi connectivity index (χ0v) is 49.6. The molecule has 0 rings (SSSR count). The first kappa shape index (κ1) is 71.6. The summed E-state index contributed by atoms with van der Waals surface area (Å²) in [5, 5.41) is 0. The highest BCUT2D eigenvalue weighted by atomic mass is 16.6. The monoisotopic (exact) mass is 1040 g/mol. The van der Waals surface area contributed by atoms with E-state index < -0.39 is 6.10 Å². The van der Waals surface area contributed by atoms with Gasteiger partial charge in [-0.05, 0) is 96.3 Å². The molecule has 0 aliphatic rings. The van der Waals surface area contributed by atoms with Crippen LogP contribution in [0.2, 0.25) is 0 Å². The van der Waals surface area contributed by atoms with Crippen LogP contribution < -0.4 is 0 Å². The van der Waals surface area contributed by atoms with E-state index in [1.807, 2.05) is 0 Å². The van der Waals surface area contributed by atoms with Crippen molar-refractivity contribution in [2.75, 3.05) is 13.2 Å². The van der Waals surface area contributed by atoms with Gasteiger partial charge in [0.2, 0.25) is 0 Å². The van der Waals surface area contributed by atoms with Crippen LogP contribution in [-0.4, -0.2) is 37.2 Å². The topological polar surface area (TPSA) is 78.9 Å². The second-order valence-corrected chi connectivity index (χ2v) is 21.3. The maximum absolute atomic E-state index is 12.9. The Balaban J connectivity index is 4.40. The number of carbonyl (C=O) groups excluding carboxylic acids is 3. The standard InChI is InChI=1S/C69H120O6/c1-4-7-10-13-16-19-22-25-28-30-32-34-36-38-41-44-47-50-53-56-59-62-68(71)74-65-66(64-73-67(70)61-58-55-52-49-46-43-40-27-24-21-18-15-12-9-6-3)75-69(72)63-60-57-54-51-48-45-42-39-37-35-33-31-29-26-23-20-17-14-11-8-5-2/h7,10,16,19,23,25-26,28,31-34,38,41,66H,4-6,8-9,11-15,17-18,20-22,24,27,29-30,35-37,39-40,42-65H2,1-3H3/b10-7-,19-16-,26-23-,28-25-,33-31-,34-32-,41-38-. The Bertz CT molecular complexity index is 1430. The zero-order chi connectivity index (χ0) is 54.3. The van der Waals surface area contributed by atoms with E-state index in [4.69, 9.17) is 14.2 Å². The van der Waals surface area contributed by atoms with Gasteiger partial charge in [-0.3, -0.25) is 14.4 Å². The zero-order valence-electron chi connectivity index (χ0n) is 49.6. The molecule has 6 heteroatoms. The molecule has 75 heavy (non-hydrogen) atoms. The lowest BCUT2D eigenvalue weighted by atomic mass is 10.0. The van der Waals surface area contributed by atoms with Crippen LogP contribution in [0, 0.1) is 0 Å². The minimum Gasteiger partial charge on any atom is -0.462 e. The van der Waals surface area contributed by atoms with E-state index in [0.29, 0.717) is 19.3 Å². The van der Waals surface area contributed by atoms with Crippen molar-refractivity contribution in [2.45, 2.75) is 322 Å². The van der Waals surface area contributed by atoms with E-state index in [1.165, 1.54) is 161 Å². The van der Waals surface area contributed by atoms with Crippen molar-refractivity contribution in [1.82, 2.24) is 0 Å². The quantitative estimate of drug-likeness (QED) is 0.0261. The summed E-state index contributed by atoms with van der Waals surface area (Å²) in [4.78, 5) is 38.3. The minimum atomic E-state index is -0.787. The summed E-state index contributed by atoms with van der Waals surface area (Å²) in [6.45, 7) is 6.53. The van der Waals surface area contributed by atoms with Gasteiger partial charge in [0.05, 0.1) is 0 Å². The predicted molar refractivity (Wildman–Crippen MR) is 325 cm³/mol. The highest BCUT2D eigenvalue weighted by Gasteiger charge is 2.19. The minimum absolute atomic E-state index is 0.0819. The Hall–Kier alpha value is -3.41. The number of hydrogen-bond acceptors (Lipinski definition) is 6. The van der Waals surface area contributed by atoms with Gasteiger partial charge in [-0.1, -0.05) is 286 Å². The average molecular weight is 1050 g/mol. The first-order chi connectivity index (χ1) is 37.0. The molecule has 1 unspecified atom stereocenters. The predicted octanol–water partition coefficient (Wildman–Crippen LogP) is 21.9. The smallest absolute Gasteiger partial charge is 0.306 e. The fourth-order valence-electron chi connectivity index (χ4n) is 9.09. The molecule has 0 aromatic rings. The number of hydrogen-bond donors (Lipinski definition) is 0. The largest absolute Gasteiger partial charge is 0.462 e. The molecule has 0 aliphatic carbocycles. The van der Waals surface area contributed by atoms with Crippen molar-refractivity contribution < 1.29 is 28.6 Å². The van der Waals surface area contributed by atoms with Crippen LogP contribution in [0.3, 0.4) is 0 Å². The van der Waals surface area contributed by atoms with Gasteiger partial charge in [0.15, 0.2) is 6.10 Å². The lowest BCUT2D eigenvalue weighted by Crippen LogP contribution is -2.30. The maximum atomic E-state index is 12.9. The fraction of sp³-hybridized carbons (Fsp3) is 0.754. The molecule has 0 aliphatic heterocycles. The normalized spacial score (nSPS) is 12.6. The third-order valence-corrected chi connectivity index (χ3v) is 13.9. The van der Waals surface area contributed by atoms with Crippen molar-refractivity contribution in [2.24, 2.45) is 0 Å². The molecular weight excluding hydrogens is 925 g/mol. The summed E-state index contributed by atoms with van der Waals surface area (Å²) in [6, 6.07) is 0. The number of rotatable bonds is 58. The fourth-order valence-corrected chi connectivity index (χ4v) is 9.09.